The molecule has 3 aromatic rings. The summed E-state index contributed by atoms with van der Waals surface area (Å²) in [6.07, 6.45) is 3.41. The van der Waals surface area contributed by atoms with Crippen molar-refractivity contribution in [1.29, 1.82) is 0 Å². The number of hydrogen-bond donors (Lipinski definition) is 1. The highest BCUT2D eigenvalue weighted by Gasteiger charge is 2.12. The minimum Gasteiger partial charge on any atom is -0.496 e. The zero-order valence-electron chi connectivity index (χ0n) is 18.8. The standard InChI is InChI=1S/C27H31NO3/c1-5-6-7-21-8-11-24(12-9-21)28-27(29)22-10-13-26(30-4)23(17-22)18-31-25-15-19(2)14-20(3)16-25/h8-17H,5-7,18H2,1-4H3,(H,28,29). The van der Waals surface area contributed by atoms with Gasteiger partial charge in [0, 0.05) is 16.8 Å². The second-order valence-corrected chi connectivity index (χ2v) is 7.89. The van der Waals surface area contributed by atoms with E-state index in [9.17, 15) is 4.79 Å². The summed E-state index contributed by atoms with van der Waals surface area (Å²) in [6.45, 7) is 6.59. The van der Waals surface area contributed by atoms with E-state index in [1.54, 1.807) is 13.2 Å². The van der Waals surface area contributed by atoms with E-state index in [0.29, 0.717) is 17.9 Å². The molecular formula is C27H31NO3. The molecule has 162 valence electrons. The zero-order valence-corrected chi connectivity index (χ0v) is 18.8. The highest BCUT2D eigenvalue weighted by Crippen LogP contribution is 2.24. The van der Waals surface area contributed by atoms with E-state index in [-0.39, 0.29) is 5.91 Å². The Balaban J connectivity index is 1.70. The Bertz CT molecular complexity index is 1000. The van der Waals surface area contributed by atoms with Gasteiger partial charge in [0.1, 0.15) is 18.1 Å². The van der Waals surface area contributed by atoms with Crippen LogP contribution in [0.2, 0.25) is 0 Å². The molecule has 1 N–H and O–H groups in total. The van der Waals surface area contributed by atoms with Gasteiger partial charge in [-0.25, -0.2) is 0 Å². The Labute approximate surface area is 185 Å². The van der Waals surface area contributed by atoms with Crippen molar-refractivity contribution in [2.24, 2.45) is 0 Å². The lowest BCUT2D eigenvalue weighted by Gasteiger charge is -2.13. The van der Waals surface area contributed by atoms with Crippen LogP contribution >= 0.6 is 0 Å². The van der Waals surface area contributed by atoms with Crippen molar-refractivity contribution < 1.29 is 14.3 Å². The molecule has 0 fully saturated rings. The van der Waals surface area contributed by atoms with Gasteiger partial charge in [-0.2, -0.15) is 0 Å². The number of rotatable bonds is 9. The smallest absolute Gasteiger partial charge is 0.255 e. The lowest BCUT2D eigenvalue weighted by Crippen LogP contribution is -2.13. The van der Waals surface area contributed by atoms with E-state index in [2.05, 4.69) is 30.4 Å². The Morgan fingerprint density at radius 2 is 1.65 bits per heavy atom. The Hall–Kier alpha value is -3.27. The molecule has 3 aromatic carbocycles. The van der Waals surface area contributed by atoms with Crippen LogP contribution in [0.25, 0.3) is 0 Å². The maximum atomic E-state index is 12.8. The van der Waals surface area contributed by atoms with Crippen LogP contribution in [-0.2, 0) is 13.0 Å². The molecule has 3 rings (SSSR count). The topological polar surface area (TPSA) is 47.6 Å². The van der Waals surface area contributed by atoms with Gasteiger partial charge in [0.25, 0.3) is 5.91 Å². The van der Waals surface area contributed by atoms with Crippen LogP contribution < -0.4 is 14.8 Å². The van der Waals surface area contributed by atoms with Crippen molar-refractivity contribution in [1.82, 2.24) is 0 Å². The monoisotopic (exact) mass is 417 g/mol. The number of amides is 1. The van der Waals surface area contributed by atoms with Gasteiger partial charge in [-0.3, -0.25) is 4.79 Å². The third-order valence-corrected chi connectivity index (χ3v) is 5.16. The SMILES string of the molecule is CCCCc1ccc(NC(=O)c2ccc(OC)c(COc3cc(C)cc(C)c3)c2)cc1. The molecular weight excluding hydrogens is 386 g/mol. The number of unbranched alkanes of at least 4 members (excludes halogenated alkanes) is 1. The van der Waals surface area contributed by atoms with E-state index in [1.165, 1.54) is 18.4 Å². The van der Waals surface area contributed by atoms with Crippen LogP contribution in [0, 0.1) is 13.8 Å². The third-order valence-electron chi connectivity index (χ3n) is 5.16. The summed E-state index contributed by atoms with van der Waals surface area (Å²) in [5.41, 5.74) is 5.76. The molecule has 0 bridgehead atoms. The number of methoxy groups -OCH3 is 1. The molecule has 0 radical (unpaired) electrons. The average molecular weight is 418 g/mol. The molecule has 0 aliphatic carbocycles. The predicted molar refractivity (Wildman–Crippen MR) is 126 cm³/mol. The summed E-state index contributed by atoms with van der Waals surface area (Å²) >= 11 is 0. The first kappa shape index (κ1) is 22.4. The van der Waals surface area contributed by atoms with Crippen molar-refractivity contribution in [3.05, 3.63) is 88.5 Å². The van der Waals surface area contributed by atoms with Gasteiger partial charge >= 0.3 is 0 Å². The molecule has 0 aliphatic rings. The summed E-state index contributed by atoms with van der Waals surface area (Å²) in [5.74, 6) is 1.34. The largest absolute Gasteiger partial charge is 0.496 e. The Morgan fingerprint density at radius 1 is 0.935 bits per heavy atom. The highest BCUT2D eigenvalue weighted by atomic mass is 16.5. The van der Waals surface area contributed by atoms with E-state index in [0.717, 1.165) is 34.5 Å². The lowest BCUT2D eigenvalue weighted by atomic mass is 10.1. The molecule has 4 nitrogen and oxygen atoms in total. The molecule has 0 spiro atoms. The summed E-state index contributed by atoms with van der Waals surface area (Å²) < 4.78 is 11.5. The molecule has 0 atom stereocenters. The minimum absolute atomic E-state index is 0.156. The van der Waals surface area contributed by atoms with Crippen LogP contribution in [0.1, 0.15) is 52.4 Å². The number of hydrogen-bond acceptors (Lipinski definition) is 3. The molecule has 0 saturated heterocycles. The zero-order chi connectivity index (χ0) is 22.2. The second kappa shape index (κ2) is 10.7. The normalized spacial score (nSPS) is 10.6. The van der Waals surface area contributed by atoms with Gasteiger partial charge in [-0.15, -0.1) is 0 Å². The number of benzene rings is 3. The van der Waals surface area contributed by atoms with Crippen molar-refractivity contribution >= 4 is 11.6 Å². The Kier molecular flexibility index (Phi) is 7.71. The quantitative estimate of drug-likeness (QED) is 0.433. The average Bonchev–Trinajstić information content (AvgIpc) is 2.76. The van der Waals surface area contributed by atoms with Gasteiger partial charge in [-0.1, -0.05) is 31.5 Å². The number of nitrogens with one attached hydrogen (secondary N) is 1. The molecule has 0 aliphatic heterocycles. The van der Waals surface area contributed by atoms with Crippen molar-refractivity contribution in [3.63, 3.8) is 0 Å². The molecule has 0 unspecified atom stereocenters. The van der Waals surface area contributed by atoms with Gasteiger partial charge in [0.05, 0.1) is 7.11 Å². The van der Waals surface area contributed by atoms with Crippen molar-refractivity contribution in [2.75, 3.05) is 12.4 Å². The van der Waals surface area contributed by atoms with E-state index < -0.39 is 0 Å². The van der Waals surface area contributed by atoms with Crippen molar-refractivity contribution in [2.45, 2.75) is 46.6 Å². The molecule has 31 heavy (non-hydrogen) atoms. The van der Waals surface area contributed by atoms with Crippen LogP contribution in [0.4, 0.5) is 5.69 Å². The molecule has 1 amide bonds. The fourth-order valence-electron chi connectivity index (χ4n) is 3.55. The van der Waals surface area contributed by atoms with Gasteiger partial charge in [0.15, 0.2) is 0 Å². The van der Waals surface area contributed by atoms with E-state index in [1.807, 2.05) is 50.2 Å². The number of ether oxygens (including phenoxy) is 2. The Morgan fingerprint density at radius 3 is 2.29 bits per heavy atom. The molecule has 0 saturated carbocycles. The fraction of sp³-hybridized carbons (Fsp3) is 0.296. The predicted octanol–water partition coefficient (Wildman–Crippen LogP) is 6.49. The minimum atomic E-state index is -0.156. The summed E-state index contributed by atoms with van der Waals surface area (Å²) in [6, 6.07) is 19.6. The van der Waals surface area contributed by atoms with Crippen LogP contribution in [0.3, 0.4) is 0 Å². The number of carbonyl (C=O) groups excluding carboxylic acids is 1. The molecule has 4 heteroatoms. The highest BCUT2D eigenvalue weighted by molar-refractivity contribution is 6.04. The number of anilines is 1. The van der Waals surface area contributed by atoms with Crippen molar-refractivity contribution in [3.8, 4) is 11.5 Å². The maximum Gasteiger partial charge on any atom is 0.255 e. The summed E-state index contributed by atoms with van der Waals surface area (Å²) in [4.78, 5) is 12.8. The fourth-order valence-corrected chi connectivity index (χ4v) is 3.55. The lowest BCUT2D eigenvalue weighted by molar-refractivity contribution is 0.102. The second-order valence-electron chi connectivity index (χ2n) is 7.89. The van der Waals surface area contributed by atoms with Crippen LogP contribution in [-0.4, -0.2) is 13.0 Å². The first-order valence-corrected chi connectivity index (χ1v) is 10.8. The molecule has 0 heterocycles. The summed E-state index contributed by atoms with van der Waals surface area (Å²) in [7, 11) is 1.62. The van der Waals surface area contributed by atoms with E-state index >= 15 is 0 Å². The maximum absolute atomic E-state index is 12.8. The first-order chi connectivity index (χ1) is 15.0. The number of carbonyl (C=O) groups is 1. The van der Waals surface area contributed by atoms with Gasteiger partial charge < -0.3 is 14.8 Å². The first-order valence-electron chi connectivity index (χ1n) is 10.8. The molecule has 0 aromatic heterocycles. The van der Waals surface area contributed by atoms with E-state index in [4.69, 9.17) is 9.47 Å². The van der Waals surface area contributed by atoms with Gasteiger partial charge in [0.2, 0.25) is 0 Å². The third kappa shape index (κ3) is 6.35. The summed E-state index contributed by atoms with van der Waals surface area (Å²) in [5, 5.41) is 2.97. The van der Waals surface area contributed by atoms with Gasteiger partial charge in [-0.05, 0) is 85.8 Å². The number of aryl methyl sites for hydroxylation is 3. The van der Waals surface area contributed by atoms with Crippen LogP contribution in [0.5, 0.6) is 11.5 Å². The van der Waals surface area contributed by atoms with Crippen LogP contribution in [0.15, 0.2) is 60.7 Å².